The molecule has 4 aliphatic carbocycles. The van der Waals surface area contributed by atoms with Gasteiger partial charge in [-0.1, -0.05) is 108 Å². The van der Waals surface area contributed by atoms with Crippen molar-refractivity contribution in [1.82, 2.24) is 0 Å². The quantitative estimate of drug-likeness (QED) is 0.115. The summed E-state index contributed by atoms with van der Waals surface area (Å²) in [5.41, 5.74) is 111. The second kappa shape index (κ2) is 133. The summed E-state index contributed by atoms with van der Waals surface area (Å²) in [6.07, 6.45) is 11.6. The van der Waals surface area contributed by atoms with Crippen LogP contribution in [0.4, 0.5) is 0 Å². The average Bonchev–Trinajstić information content (AvgIpc) is 0.906. The molecule has 20 N–H and O–H groups in total. The number of aliphatic hydroxyl groups excluding tert-OH is 4. The van der Waals surface area contributed by atoms with Crippen molar-refractivity contribution in [2.45, 2.75) is 169 Å². The van der Waals surface area contributed by atoms with Gasteiger partial charge < -0.3 is 128 Å². The number of hydrogen-bond acceptors (Lipinski definition) is 5. The molecule has 50 heteroatoms. The molecule has 13 atom stereocenters. The summed E-state index contributed by atoms with van der Waals surface area (Å²) < 4.78 is 4.68. The molecule has 0 amide bonds. The molecule has 23 nitrogen and oxygen atoms in total. The summed E-state index contributed by atoms with van der Waals surface area (Å²) in [6, 6.07) is -2.79. The Morgan fingerprint density at radius 2 is 0.609 bits per heavy atom. The van der Waals surface area contributed by atoms with Crippen LogP contribution in [-0.2, 0) is 106 Å². The topological polar surface area (TPSA) is 499 Å². The van der Waals surface area contributed by atoms with Crippen LogP contribution in [0.3, 0.4) is 0 Å². The monoisotopic (exact) mass is 4970 g/mol. The van der Waals surface area contributed by atoms with Crippen molar-refractivity contribution < 1.29 is 126 Å². The van der Waals surface area contributed by atoms with E-state index >= 15 is 0 Å². The van der Waals surface area contributed by atoms with Crippen molar-refractivity contribution in [2.24, 2.45) is 11.8 Å². The molecule has 0 radical (unpaired) electrons. The van der Waals surface area contributed by atoms with Gasteiger partial charge in [0.1, 0.15) is 12.4 Å². The Bertz CT molecular complexity index is 1060. The fraction of sp³-hybridized carbons (Fsp3) is 1.00. The van der Waals surface area contributed by atoms with Crippen molar-refractivity contribution in [2.75, 3.05) is 86.1 Å². The van der Waals surface area contributed by atoms with Gasteiger partial charge in [0, 0.05) is 6.10 Å². The number of hydrogen-bond donors (Lipinski definition) is 4. The van der Waals surface area contributed by atoms with E-state index in [1.807, 2.05) is 0 Å². The third-order valence-corrected chi connectivity index (χ3v) is 10.8. The van der Waals surface area contributed by atoms with E-state index in [9.17, 15) is 5.11 Å². The fourth-order valence-electron chi connectivity index (χ4n) is 6.05. The van der Waals surface area contributed by atoms with Gasteiger partial charge in [0.05, 0.1) is 12.7 Å². The molecule has 4 saturated carbocycles. The Morgan fingerprint density at radius 3 is 0.717 bits per heavy atom. The van der Waals surface area contributed by atoms with E-state index in [1.54, 1.807) is 14.1 Å². The van der Waals surface area contributed by atoms with E-state index < -0.39 is 43.3 Å². The van der Waals surface area contributed by atoms with Crippen LogP contribution in [0.25, 0.3) is 102 Å². The van der Waals surface area contributed by atoms with Crippen LogP contribution >= 0.6 is 348 Å². The Morgan fingerprint density at radius 1 is 0.391 bits per heavy atom. The van der Waals surface area contributed by atoms with Crippen LogP contribution < -0.4 is 0 Å². The molecule has 92 heavy (non-hydrogen) atoms. The first kappa shape index (κ1) is 139. The van der Waals surface area contributed by atoms with Gasteiger partial charge in [0.2, 0.25) is 0 Å². The van der Waals surface area contributed by atoms with Crippen LogP contribution in [-0.4, -0.2) is 180 Å². The van der Waals surface area contributed by atoms with Crippen LogP contribution in [0, 0.1) is 11.8 Å². The van der Waals surface area contributed by atoms with Crippen molar-refractivity contribution >= 4 is 348 Å². The molecule has 0 aromatic carbocycles. The van der Waals surface area contributed by atoms with E-state index in [0.717, 1.165) is 58.0 Å². The molecular formula is C42H92I18N18O5Pt9. The average molecular weight is 4970 g/mol. The maximum atomic E-state index is 9.22. The van der Waals surface area contributed by atoms with E-state index in [-0.39, 0.29) is 62.4 Å². The summed E-state index contributed by atoms with van der Waals surface area (Å²) in [5.74, 6) is 1.15. The Labute approximate surface area is 822 Å². The molecule has 0 aromatic rings. The van der Waals surface area contributed by atoms with Gasteiger partial charge in [-0.05, 0) is 0 Å². The zero-order valence-corrected chi connectivity index (χ0v) is 108. The largest absolute Gasteiger partial charge is 0.679 e. The summed E-state index contributed by atoms with van der Waals surface area (Å²) in [5, 5.41) is 42.8. The molecule has 1 saturated heterocycles. The standard InChI is InChI=1S/C6H12N2O4.4C6H12N2.C4H10N2.C3H8N2O.C3H8N2.C2H6N2.18HI.9Pt/c7-3-4(8)6(11)12-2(1-9)5(3)10;7-3-5-1-2-6(5)4-8;3*7-5-3-1-2-4-6(5)8;1-5-3-4-6-2;4-1-3(6)2-5;4-2-1-3-5;3-1-2-4;;;;;;;;;;;;;;;;;;;;;;;;;;;/h2-11H,1H2;4*5-8H,1-4H2;3-4H2,1-2H3;3-6H,1-2H2;4-5H,1-3H2;3-4H,1-2H2;18*1H;;;;;;;;;/q9*-2;;;;;;;;;;;;;;;;;;;9*+4/p-18/t2-,3-,4-,5-,6?;5-,6-;5-,6+;2*5-,6-;;;;;;;;;;;;;;;;;;;;;;;;;;;;;;;/m10.10.............................../s1. The predicted octanol–water partition coefficient (Wildman–Crippen LogP) is 28.2. The third kappa shape index (κ3) is 135. The second-order valence-electron chi connectivity index (χ2n) is 16.7. The van der Waals surface area contributed by atoms with Crippen molar-refractivity contribution in [3.63, 3.8) is 0 Å². The van der Waals surface area contributed by atoms with Crippen molar-refractivity contribution in [3.8, 4) is 0 Å². The molecule has 0 bridgehead atoms. The Hall–Kier alpha value is 18.4. The Kier molecular flexibility index (Phi) is 201. The fourth-order valence-corrected chi connectivity index (χ4v) is 6.05. The van der Waals surface area contributed by atoms with E-state index in [0.29, 0.717) is 139 Å². The zero-order valence-electron chi connectivity index (χ0n) is 49.2. The van der Waals surface area contributed by atoms with E-state index in [4.69, 9.17) is 107 Å². The summed E-state index contributed by atoms with van der Waals surface area (Å²) >= 11 is 47.7. The number of likely N-dealkylation sites (N-methyl/N-ethyl adjacent to an activating group) is 2. The van der Waals surface area contributed by atoms with Gasteiger partial charge in [0.15, 0.2) is 0 Å². The zero-order chi connectivity index (χ0) is 75.0. The number of halogens is 18. The molecule has 0 spiro atoms. The second-order valence-corrected chi connectivity index (χ2v) is 166. The number of nitrogens with one attached hydrogen (secondary N) is 16. The molecule has 1 aliphatic heterocycles. The minimum Gasteiger partial charge on any atom is -0.679 e. The first-order valence-corrected chi connectivity index (χ1v) is 141. The van der Waals surface area contributed by atoms with E-state index in [2.05, 4.69) is 364 Å². The van der Waals surface area contributed by atoms with E-state index in [1.165, 1.54) is 51.4 Å². The summed E-state index contributed by atoms with van der Waals surface area (Å²) in [4.78, 5) is 0. The predicted molar refractivity (Wildman–Crippen MR) is 525 cm³/mol. The Balaban J connectivity index is -0.0000000668. The SMILES string of the molecule is C[N-]CC[N-]C.[I][Pt+2][I].[I][Pt+2][I].[I][Pt+2][I].[I][Pt+2][I].[I][Pt+2][I].[I][Pt+2][I].[I][Pt+2][I].[I][Pt+2][I].[I][Pt+2][I].[NH-]CC(O)C[NH-].[NH-]CCC[NH-].[NH-]CC[NH-].[NH-]C[C@@H]1CC[C@H]1C[NH-].[NH-][C@@H]1CCCC[C@@H]1[NH-].[NH-][C@@H]1CCCC[C@H]1[NH-].[NH-][C@H]1CCCC[C@@H]1[NH-].[NH-][C@H]1[C@H](O)[C@@H](CO)OC(O)[C@@H]1[NH-]. The number of rotatable bonds is 11. The van der Waals surface area contributed by atoms with Crippen LogP contribution in [0.5, 0.6) is 0 Å². The molecule has 596 valence electrons. The molecule has 1 unspecified atom stereocenters. The molecule has 5 aliphatic rings. The molecule has 1 heterocycles. The number of aliphatic hydroxyl groups is 4. The maximum Gasteiger partial charge on any atom is 0.137 e. The normalized spacial score (nSPS) is 24.2. The smallest absolute Gasteiger partial charge is 0.137 e. The van der Waals surface area contributed by atoms with Crippen LogP contribution in [0.15, 0.2) is 0 Å². The number of ether oxygens (including phenoxy) is 1. The number of nitrogens with zero attached hydrogens (tertiary/aromatic N) is 2. The first-order chi connectivity index (χ1) is 43.6. The maximum absolute atomic E-state index is 9.22. The summed E-state index contributed by atoms with van der Waals surface area (Å²) in [7, 11) is 3.59. The molecular weight excluding hydrogens is 4880 g/mol. The minimum absolute atomic E-state index is 0.0521. The van der Waals surface area contributed by atoms with Crippen LogP contribution in [0.2, 0.25) is 0 Å². The van der Waals surface area contributed by atoms with Gasteiger partial charge >= 0.3 is 449 Å². The van der Waals surface area contributed by atoms with Gasteiger partial charge in [-0.2, -0.15) is 89.6 Å². The molecule has 0 aromatic heterocycles. The minimum atomic E-state index is -1.40. The van der Waals surface area contributed by atoms with Crippen molar-refractivity contribution in [3.05, 3.63) is 102 Å². The van der Waals surface area contributed by atoms with Gasteiger partial charge in [-0.3, -0.25) is 0 Å². The van der Waals surface area contributed by atoms with Crippen LogP contribution in [0.1, 0.15) is 96.3 Å². The van der Waals surface area contributed by atoms with Gasteiger partial charge in [-0.15, -0.1) is 38.3 Å². The van der Waals surface area contributed by atoms with Gasteiger partial charge in [-0.25, -0.2) is 0 Å². The molecule has 5 rings (SSSR count). The van der Waals surface area contributed by atoms with Crippen molar-refractivity contribution in [1.29, 1.82) is 0 Å². The first-order valence-electron chi connectivity index (χ1n) is 25.4. The third-order valence-electron chi connectivity index (χ3n) is 10.8. The molecule has 5 fully saturated rings. The summed E-state index contributed by atoms with van der Waals surface area (Å²) in [6.45, 7) is 3.56. The van der Waals surface area contributed by atoms with Gasteiger partial charge in [0.25, 0.3) is 0 Å².